The molecule has 0 aromatic heterocycles. The van der Waals surface area contributed by atoms with Gasteiger partial charge < -0.3 is 8.85 Å². The van der Waals surface area contributed by atoms with Gasteiger partial charge in [-0.3, -0.25) is 0 Å². The third-order valence-corrected chi connectivity index (χ3v) is 3.44. The predicted octanol–water partition coefficient (Wildman–Crippen LogP) is 1.69. The number of hydrogen-bond acceptors (Lipinski definition) is 2. The normalized spacial score (nSPS) is 11.4. The van der Waals surface area contributed by atoms with Crippen molar-refractivity contribution >= 4 is 32.5 Å². The van der Waals surface area contributed by atoms with Crippen molar-refractivity contribution in [1.82, 2.24) is 0 Å². The van der Waals surface area contributed by atoms with Gasteiger partial charge in [-0.1, -0.05) is 0 Å². The fraction of sp³-hybridized carbons (Fsp3) is 1.00. The van der Waals surface area contributed by atoms with E-state index in [0.29, 0.717) is 0 Å². The van der Waals surface area contributed by atoms with Crippen LogP contribution in [-0.2, 0) is 8.85 Å². The van der Waals surface area contributed by atoms with Crippen LogP contribution in [0.4, 0.5) is 0 Å². The van der Waals surface area contributed by atoms with Crippen LogP contribution < -0.4 is 0 Å². The molecule has 5 heteroatoms. The quantitative estimate of drug-likeness (QED) is 0.500. The molecule has 0 aliphatic heterocycles. The van der Waals surface area contributed by atoms with Gasteiger partial charge in [-0.2, -0.15) is 0 Å². The predicted molar refractivity (Wildman–Crippen MR) is 46.1 cm³/mol. The SMILES string of the molecule is CO[SiH](CCC(Cl)Cl)OC. The Morgan fingerprint density at radius 2 is 1.80 bits per heavy atom. The van der Waals surface area contributed by atoms with E-state index >= 15 is 0 Å². The minimum Gasteiger partial charge on any atom is -0.400 e. The first-order valence-corrected chi connectivity index (χ1v) is 5.67. The van der Waals surface area contributed by atoms with Crippen LogP contribution in [0.1, 0.15) is 6.42 Å². The Hall–Kier alpha value is 0.717. The van der Waals surface area contributed by atoms with Crippen LogP contribution in [0.25, 0.3) is 0 Å². The summed E-state index contributed by atoms with van der Waals surface area (Å²) in [6, 6.07) is 0.866. The van der Waals surface area contributed by atoms with Crippen molar-refractivity contribution in [2.24, 2.45) is 0 Å². The maximum Gasteiger partial charge on any atom is 0.320 e. The van der Waals surface area contributed by atoms with Crippen LogP contribution >= 0.6 is 23.2 Å². The third kappa shape index (κ3) is 5.50. The number of rotatable bonds is 5. The zero-order valence-corrected chi connectivity index (χ0v) is 8.81. The minimum absolute atomic E-state index is 0.291. The summed E-state index contributed by atoms with van der Waals surface area (Å²) >= 11 is 11.0. The average molecular weight is 203 g/mol. The summed E-state index contributed by atoms with van der Waals surface area (Å²) in [5, 5.41) is 0. The highest BCUT2D eigenvalue weighted by Crippen LogP contribution is 2.12. The van der Waals surface area contributed by atoms with Crippen LogP contribution in [0.5, 0.6) is 0 Å². The molecule has 0 aromatic carbocycles. The molecule has 0 spiro atoms. The van der Waals surface area contributed by atoms with Gasteiger partial charge >= 0.3 is 9.28 Å². The fourth-order valence-corrected chi connectivity index (χ4v) is 2.54. The van der Waals surface area contributed by atoms with E-state index in [9.17, 15) is 0 Å². The first kappa shape index (κ1) is 10.7. The molecule has 0 saturated heterocycles. The summed E-state index contributed by atoms with van der Waals surface area (Å²) < 4.78 is 10.1. The van der Waals surface area contributed by atoms with Gasteiger partial charge in [-0.15, -0.1) is 23.2 Å². The molecular weight excluding hydrogens is 191 g/mol. The van der Waals surface area contributed by atoms with Crippen LogP contribution in [0.3, 0.4) is 0 Å². The first-order valence-electron chi connectivity index (χ1n) is 3.04. The highest BCUT2D eigenvalue weighted by molar-refractivity contribution is 6.46. The summed E-state index contributed by atoms with van der Waals surface area (Å²) in [5.41, 5.74) is 0. The van der Waals surface area contributed by atoms with Crippen molar-refractivity contribution in [1.29, 1.82) is 0 Å². The Balaban J connectivity index is 3.26. The minimum atomic E-state index is -1.42. The summed E-state index contributed by atoms with van der Waals surface area (Å²) in [6.07, 6.45) is 0.752. The second-order valence-corrected chi connectivity index (χ2v) is 5.53. The van der Waals surface area contributed by atoms with Crippen molar-refractivity contribution in [2.75, 3.05) is 14.2 Å². The van der Waals surface area contributed by atoms with Gasteiger partial charge in [-0.05, 0) is 12.5 Å². The van der Waals surface area contributed by atoms with Crippen LogP contribution in [0, 0.1) is 0 Å². The highest BCUT2D eigenvalue weighted by atomic mass is 35.5. The molecule has 10 heavy (non-hydrogen) atoms. The monoisotopic (exact) mass is 202 g/mol. The van der Waals surface area contributed by atoms with E-state index in [1.807, 2.05) is 0 Å². The van der Waals surface area contributed by atoms with E-state index in [-0.39, 0.29) is 4.84 Å². The molecule has 0 aromatic rings. The Kier molecular flexibility index (Phi) is 6.89. The van der Waals surface area contributed by atoms with Crippen molar-refractivity contribution in [3.05, 3.63) is 0 Å². The van der Waals surface area contributed by atoms with E-state index in [1.54, 1.807) is 14.2 Å². The number of alkyl halides is 2. The van der Waals surface area contributed by atoms with E-state index in [4.69, 9.17) is 32.1 Å². The molecule has 0 amide bonds. The van der Waals surface area contributed by atoms with E-state index in [0.717, 1.165) is 12.5 Å². The number of hydrogen-bond donors (Lipinski definition) is 0. The number of halogens is 2. The van der Waals surface area contributed by atoms with E-state index < -0.39 is 9.28 Å². The maximum atomic E-state index is 5.51. The largest absolute Gasteiger partial charge is 0.400 e. The third-order valence-electron chi connectivity index (χ3n) is 1.15. The van der Waals surface area contributed by atoms with Crippen molar-refractivity contribution in [3.8, 4) is 0 Å². The summed E-state index contributed by atoms with van der Waals surface area (Å²) in [4.78, 5) is -0.291. The molecule has 0 bridgehead atoms. The van der Waals surface area contributed by atoms with Crippen LogP contribution in [0.15, 0.2) is 0 Å². The van der Waals surface area contributed by atoms with Crippen molar-refractivity contribution < 1.29 is 8.85 Å². The van der Waals surface area contributed by atoms with Gasteiger partial charge in [-0.25, -0.2) is 0 Å². The summed E-state index contributed by atoms with van der Waals surface area (Å²) in [7, 11) is 1.88. The lowest BCUT2D eigenvalue weighted by Crippen LogP contribution is -2.19. The second kappa shape index (κ2) is 6.43. The zero-order valence-electron chi connectivity index (χ0n) is 6.14. The van der Waals surface area contributed by atoms with Gasteiger partial charge in [0.25, 0.3) is 0 Å². The summed E-state index contributed by atoms with van der Waals surface area (Å²) in [6.45, 7) is 0. The molecule has 2 nitrogen and oxygen atoms in total. The molecule has 0 rings (SSSR count). The fourth-order valence-electron chi connectivity index (χ4n) is 0.594. The maximum absolute atomic E-state index is 5.51. The average Bonchev–Trinajstić information content (AvgIpc) is 1.90. The van der Waals surface area contributed by atoms with Crippen molar-refractivity contribution in [2.45, 2.75) is 17.3 Å². The lowest BCUT2D eigenvalue weighted by molar-refractivity contribution is 0.277. The lowest BCUT2D eigenvalue weighted by atomic mass is 10.6. The lowest BCUT2D eigenvalue weighted by Gasteiger charge is -2.09. The molecule has 0 N–H and O–H groups in total. The Morgan fingerprint density at radius 3 is 2.10 bits per heavy atom. The Morgan fingerprint density at radius 1 is 1.30 bits per heavy atom. The molecule has 0 heterocycles. The van der Waals surface area contributed by atoms with E-state index in [2.05, 4.69) is 0 Å². The Bertz CT molecular complexity index is 78.0. The first-order chi connectivity index (χ1) is 4.70. The smallest absolute Gasteiger partial charge is 0.320 e. The molecule has 0 saturated carbocycles. The molecule has 0 aliphatic carbocycles. The van der Waals surface area contributed by atoms with Gasteiger partial charge in [0.05, 0.1) is 0 Å². The zero-order chi connectivity index (χ0) is 7.98. The van der Waals surface area contributed by atoms with Crippen LogP contribution in [-0.4, -0.2) is 28.3 Å². The molecular formula is C5H12Cl2O2Si. The highest BCUT2D eigenvalue weighted by Gasteiger charge is 2.10. The Labute approximate surface area is 73.3 Å². The molecule has 0 fully saturated rings. The van der Waals surface area contributed by atoms with Crippen LogP contribution in [0.2, 0.25) is 6.04 Å². The molecule has 0 unspecified atom stereocenters. The summed E-state index contributed by atoms with van der Waals surface area (Å²) in [5.74, 6) is 0. The molecule has 0 atom stereocenters. The molecule has 0 radical (unpaired) electrons. The van der Waals surface area contributed by atoms with Gasteiger partial charge in [0, 0.05) is 14.2 Å². The molecule has 62 valence electrons. The molecule has 0 aliphatic rings. The van der Waals surface area contributed by atoms with E-state index in [1.165, 1.54) is 0 Å². The van der Waals surface area contributed by atoms with Gasteiger partial charge in [0.1, 0.15) is 4.84 Å². The topological polar surface area (TPSA) is 18.5 Å². The van der Waals surface area contributed by atoms with Gasteiger partial charge in [0.2, 0.25) is 0 Å². The van der Waals surface area contributed by atoms with Crippen molar-refractivity contribution in [3.63, 3.8) is 0 Å². The van der Waals surface area contributed by atoms with Gasteiger partial charge in [0.15, 0.2) is 0 Å². The second-order valence-electron chi connectivity index (χ2n) is 1.87. The standard InChI is InChI=1S/C5H12Cl2O2Si/c1-8-10(9-2)4-3-5(6)7/h5,10H,3-4H2,1-2H3.